The lowest BCUT2D eigenvalue weighted by Gasteiger charge is -2.20. The molecule has 0 fully saturated rings. The maximum absolute atomic E-state index is 12.2. The fraction of sp³-hybridized carbons (Fsp3) is 0.562. The van der Waals surface area contributed by atoms with Crippen LogP contribution in [0.25, 0.3) is 0 Å². The van der Waals surface area contributed by atoms with E-state index in [1.54, 1.807) is 0 Å². The van der Waals surface area contributed by atoms with Crippen LogP contribution in [-0.2, 0) is 0 Å². The van der Waals surface area contributed by atoms with Gasteiger partial charge in [-0.05, 0) is 24.1 Å². The van der Waals surface area contributed by atoms with Gasteiger partial charge in [-0.25, -0.2) is 0 Å². The summed E-state index contributed by atoms with van der Waals surface area (Å²) in [5, 5.41) is 3.01. The van der Waals surface area contributed by atoms with Gasteiger partial charge in [0, 0.05) is 36.7 Å². The van der Waals surface area contributed by atoms with Crippen molar-refractivity contribution in [3.63, 3.8) is 0 Å². The van der Waals surface area contributed by atoms with E-state index in [9.17, 15) is 4.79 Å². The van der Waals surface area contributed by atoms with E-state index < -0.39 is 0 Å². The van der Waals surface area contributed by atoms with Gasteiger partial charge in [0.25, 0.3) is 5.91 Å². The van der Waals surface area contributed by atoms with Crippen molar-refractivity contribution in [2.24, 2.45) is 5.92 Å². The average Bonchev–Trinajstić information content (AvgIpc) is 2.46. The van der Waals surface area contributed by atoms with Crippen LogP contribution in [0.4, 0.5) is 5.69 Å². The number of anilines is 1. The van der Waals surface area contributed by atoms with Crippen molar-refractivity contribution in [2.75, 3.05) is 25.5 Å². The molecular weight excluding hydrogens is 316 g/mol. The second kappa shape index (κ2) is 8.30. The zero-order valence-corrected chi connectivity index (χ0v) is 14.4. The number of carbonyl (C=O) groups is 1. The largest absolute Gasteiger partial charge is 0.378 e. The molecule has 1 aromatic carbocycles. The summed E-state index contributed by atoms with van der Waals surface area (Å²) in [7, 11) is 3.94. The van der Waals surface area contributed by atoms with Crippen LogP contribution in [0.5, 0.6) is 0 Å². The molecule has 1 rings (SSSR count). The van der Waals surface area contributed by atoms with E-state index in [1.807, 2.05) is 43.3 Å². The van der Waals surface area contributed by atoms with Crippen LogP contribution in [0.1, 0.15) is 37.0 Å². The number of amides is 1. The van der Waals surface area contributed by atoms with Gasteiger partial charge in [0.05, 0.1) is 0 Å². The van der Waals surface area contributed by atoms with Crippen molar-refractivity contribution < 1.29 is 4.79 Å². The topological polar surface area (TPSA) is 32.3 Å². The van der Waals surface area contributed by atoms with Crippen LogP contribution in [0.3, 0.4) is 0 Å². The normalized spacial score (nSPS) is 12.3. The number of nitrogens with zero attached hydrogens (tertiary/aromatic N) is 1. The van der Waals surface area contributed by atoms with Crippen molar-refractivity contribution in [1.82, 2.24) is 5.32 Å². The number of benzene rings is 1. The van der Waals surface area contributed by atoms with Crippen LogP contribution in [0.2, 0.25) is 0 Å². The molecule has 0 aliphatic carbocycles. The van der Waals surface area contributed by atoms with Gasteiger partial charge in [-0.3, -0.25) is 4.79 Å². The monoisotopic (exact) mass is 340 g/mol. The molecule has 20 heavy (non-hydrogen) atoms. The molecule has 0 spiro atoms. The van der Waals surface area contributed by atoms with Gasteiger partial charge in [-0.15, -0.1) is 0 Å². The Labute approximate surface area is 130 Å². The molecule has 3 nitrogen and oxygen atoms in total. The van der Waals surface area contributed by atoms with Crippen LogP contribution in [0, 0.1) is 5.92 Å². The molecule has 4 heteroatoms. The average molecular weight is 341 g/mol. The number of nitrogens with one attached hydrogen (secondary N) is 1. The minimum absolute atomic E-state index is 0.0101. The smallest absolute Gasteiger partial charge is 0.251 e. The Morgan fingerprint density at radius 3 is 2.50 bits per heavy atom. The molecule has 0 saturated heterocycles. The van der Waals surface area contributed by atoms with Gasteiger partial charge < -0.3 is 10.2 Å². The van der Waals surface area contributed by atoms with E-state index in [1.165, 1.54) is 0 Å². The van der Waals surface area contributed by atoms with Gasteiger partial charge in [0.15, 0.2) is 0 Å². The second-order valence-corrected chi connectivity index (χ2v) is 6.42. The summed E-state index contributed by atoms with van der Waals surface area (Å²) in [6, 6.07) is 7.67. The standard InChI is InChI=1S/C16H25BrN2O/c1-5-12(6-2)15(17)11-18-16(20)13-8-7-9-14(10-13)19(3)4/h7-10,12,15H,5-6,11H2,1-4H3,(H,18,20). The van der Waals surface area contributed by atoms with Gasteiger partial charge in [0.1, 0.15) is 0 Å². The molecule has 1 N–H and O–H groups in total. The highest BCUT2D eigenvalue weighted by molar-refractivity contribution is 9.09. The third-order valence-electron chi connectivity index (χ3n) is 3.64. The molecule has 0 aromatic heterocycles. The minimum Gasteiger partial charge on any atom is -0.378 e. The Hall–Kier alpha value is -1.03. The highest BCUT2D eigenvalue weighted by atomic mass is 79.9. The predicted octanol–water partition coefficient (Wildman–Crippen LogP) is 3.68. The van der Waals surface area contributed by atoms with E-state index in [4.69, 9.17) is 0 Å². The quantitative estimate of drug-likeness (QED) is 0.768. The Bertz CT molecular complexity index is 430. The first-order valence-corrected chi connectivity index (χ1v) is 8.10. The summed E-state index contributed by atoms with van der Waals surface area (Å²) in [4.78, 5) is 14.5. The first-order valence-electron chi connectivity index (χ1n) is 7.19. The van der Waals surface area contributed by atoms with E-state index in [0.29, 0.717) is 22.9 Å². The fourth-order valence-electron chi connectivity index (χ4n) is 2.18. The zero-order chi connectivity index (χ0) is 15.1. The highest BCUT2D eigenvalue weighted by Gasteiger charge is 2.16. The van der Waals surface area contributed by atoms with Gasteiger partial charge in [-0.2, -0.15) is 0 Å². The van der Waals surface area contributed by atoms with Crippen LogP contribution in [0.15, 0.2) is 24.3 Å². The SMILES string of the molecule is CCC(CC)C(Br)CNC(=O)c1cccc(N(C)C)c1. The van der Waals surface area contributed by atoms with E-state index in [0.717, 1.165) is 18.5 Å². The van der Waals surface area contributed by atoms with Crippen molar-refractivity contribution in [3.05, 3.63) is 29.8 Å². The summed E-state index contributed by atoms with van der Waals surface area (Å²) in [5.74, 6) is 0.590. The van der Waals surface area contributed by atoms with Crippen molar-refractivity contribution in [2.45, 2.75) is 31.5 Å². The molecule has 1 aromatic rings. The lowest BCUT2D eigenvalue weighted by molar-refractivity contribution is 0.0952. The first-order chi connectivity index (χ1) is 9.49. The van der Waals surface area contributed by atoms with Crippen molar-refractivity contribution in [3.8, 4) is 0 Å². The lowest BCUT2D eigenvalue weighted by Crippen LogP contribution is -2.33. The maximum Gasteiger partial charge on any atom is 0.251 e. The van der Waals surface area contributed by atoms with Gasteiger partial charge in [-0.1, -0.05) is 48.7 Å². The molecule has 0 saturated carbocycles. The van der Waals surface area contributed by atoms with E-state index >= 15 is 0 Å². The second-order valence-electron chi connectivity index (χ2n) is 5.25. The summed E-state index contributed by atoms with van der Waals surface area (Å²) in [5.41, 5.74) is 1.74. The third kappa shape index (κ3) is 4.82. The molecular formula is C16H25BrN2O. The first kappa shape index (κ1) is 17.0. The maximum atomic E-state index is 12.2. The third-order valence-corrected chi connectivity index (χ3v) is 4.71. The number of rotatable bonds is 7. The molecule has 0 aliphatic rings. The van der Waals surface area contributed by atoms with E-state index in [2.05, 4.69) is 35.1 Å². The Balaban J connectivity index is 2.61. The zero-order valence-electron chi connectivity index (χ0n) is 12.8. The molecule has 1 atom stereocenters. The Morgan fingerprint density at radius 1 is 1.30 bits per heavy atom. The van der Waals surface area contributed by atoms with E-state index in [-0.39, 0.29) is 5.91 Å². The van der Waals surface area contributed by atoms with Crippen LogP contribution >= 0.6 is 15.9 Å². The predicted molar refractivity (Wildman–Crippen MR) is 89.9 cm³/mol. The number of halogens is 1. The number of hydrogen-bond acceptors (Lipinski definition) is 2. The molecule has 0 aliphatic heterocycles. The van der Waals surface area contributed by atoms with Crippen molar-refractivity contribution in [1.29, 1.82) is 0 Å². The molecule has 0 bridgehead atoms. The summed E-state index contributed by atoms with van der Waals surface area (Å²) in [6.07, 6.45) is 2.25. The fourth-order valence-corrected chi connectivity index (χ4v) is 3.09. The number of carbonyl (C=O) groups excluding carboxylic acids is 1. The summed E-state index contributed by atoms with van der Waals surface area (Å²) < 4.78 is 0. The summed E-state index contributed by atoms with van der Waals surface area (Å²) >= 11 is 3.68. The molecule has 1 amide bonds. The Morgan fingerprint density at radius 2 is 1.95 bits per heavy atom. The number of alkyl halides is 1. The van der Waals surface area contributed by atoms with Gasteiger partial charge >= 0.3 is 0 Å². The molecule has 1 unspecified atom stereocenters. The van der Waals surface area contributed by atoms with Gasteiger partial charge in [0.2, 0.25) is 0 Å². The highest BCUT2D eigenvalue weighted by Crippen LogP contribution is 2.19. The van der Waals surface area contributed by atoms with Crippen LogP contribution in [-0.4, -0.2) is 31.4 Å². The number of hydrogen-bond donors (Lipinski definition) is 1. The lowest BCUT2D eigenvalue weighted by atomic mass is 9.99. The summed E-state index contributed by atoms with van der Waals surface area (Å²) in [6.45, 7) is 5.03. The Kier molecular flexibility index (Phi) is 7.06. The molecule has 0 radical (unpaired) electrons. The van der Waals surface area contributed by atoms with Crippen LogP contribution < -0.4 is 10.2 Å². The molecule has 112 valence electrons. The minimum atomic E-state index is -0.0101. The molecule has 0 heterocycles. The van der Waals surface area contributed by atoms with Crippen molar-refractivity contribution >= 4 is 27.5 Å².